The quantitative estimate of drug-likeness (QED) is 0.358. The van der Waals surface area contributed by atoms with Crippen LogP contribution in [-0.4, -0.2) is 71.6 Å². The molecule has 1 aliphatic carbocycles. The smallest absolute Gasteiger partial charge is 0.311 e. The molecule has 6 atom stereocenters. The molecule has 11 heteroatoms. The molecule has 2 unspecified atom stereocenters. The second-order valence-corrected chi connectivity index (χ2v) is 16.1. The summed E-state index contributed by atoms with van der Waals surface area (Å²) >= 11 is 0. The van der Waals surface area contributed by atoms with Gasteiger partial charge in [-0.05, 0) is 104 Å². The van der Waals surface area contributed by atoms with Crippen LogP contribution in [-0.2, 0) is 47.7 Å². The molecule has 1 fully saturated rings. The molecule has 0 amide bonds. The summed E-state index contributed by atoms with van der Waals surface area (Å²) in [4.78, 5) is 65.9. The molecule has 1 saturated carbocycles. The van der Waals surface area contributed by atoms with E-state index in [2.05, 4.69) is 0 Å². The second-order valence-electron chi connectivity index (χ2n) is 16.1. The van der Waals surface area contributed by atoms with Crippen LogP contribution in [0.3, 0.4) is 0 Å². The van der Waals surface area contributed by atoms with Gasteiger partial charge in [-0.1, -0.05) is 0 Å². The first-order chi connectivity index (χ1) is 18.5. The van der Waals surface area contributed by atoms with Crippen LogP contribution in [0.25, 0.3) is 0 Å². The van der Waals surface area contributed by atoms with E-state index in [9.17, 15) is 29.1 Å². The first-order valence-electron chi connectivity index (χ1n) is 14.2. The Balaban J connectivity index is 4.00. The molecule has 242 valence electrons. The molecular weight excluding hydrogens is 548 g/mol. The minimum absolute atomic E-state index is 0.764. The second kappa shape index (κ2) is 12.5. The van der Waals surface area contributed by atoms with Gasteiger partial charge in [0.1, 0.15) is 6.10 Å². The van der Waals surface area contributed by atoms with Gasteiger partial charge in [0.2, 0.25) is 0 Å². The Kier molecular flexibility index (Phi) is 11.1. The lowest BCUT2D eigenvalue weighted by Crippen LogP contribution is -2.69. The van der Waals surface area contributed by atoms with Crippen LogP contribution in [0.1, 0.15) is 104 Å². The van der Waals surface area contributed by atoms with Gasteiger partial charge >= 0.3 is 29.8 Å². The van der Waals surface area contributed by atoms with E-state index < -0.39 is 93.5 Å². The summed E-state index contributed by atoms with van der Waals surface area (Å²) in [7, 11) is 0. The van der Waals surface area contributed by atoms with Crippen molar-refractivity contribution in [3.8, 4) is 0 Å². The third-order valence-electron chi connectivity index (χ3n) is 6.25. The Morgan fingerprint density at radius 3 is 0.667 bits per heavy atom. The summed E-state index contributed by atoms with van der Waals surface area (Å²) < 4.78 is 28.9. The number of esters is 5. The Morgan fingerprint density at radius 2 is 0.500 bits per heavy atom. The van der Waals surface area contributed by atoms with E-state index >= 15 is 0 Å². The van der Waals surface area contributed by atoms with Crippen molar-refractivity contribution in [3.05, 3.63) is 0 Å². The number of aliphatic hydroxyl groups is 1. The maximum absolute atomic E-state index is 13.3. The largest absolute Gasteiger partial charge is 0.455 e. The van der Waals surface area contributed by atoms with Crippen molar-refractivity contribution in [2.75, 3.05) is 0 Å². The normalized spacial score (nSPS) is 25.6. The minimum atomic E-state index is -1.84. The van der Waals surface area contributed by atoms with Crippen molar-refractivity contribution in [2.24, 2.45) is 27.1 Å². The molecule has 42 heavy (non-hydrogen) atoms. The highest BCUT2D eigenvalue weighted by atomic mass is 16.7. The zero-order chi connectivity index (χ0) is 33.4. The fraction of sp³-hybridized carbons (Fsp3) is 0.839. The standard InChI is InChI=1S/C31H52O11/c1-27(2,3)22(33)38-17-16(32)18(39-23(34)28(4,5)6)20(41-25(36)30(10,11)12)21(42-26(37)31(13,14)15)19(17)40-24(35)29(7,8)9/h16-21,32H,1-15H3/t16?,17-,18+,19-,20-,21?/m1/s1. The monoisotopic (exact) mass is 600 g/mol. The lowest BCUT2D eigenvalue weighted by atomic mass is 9.82. The van der Waals surface area contributed by atoms with Crippen LogP contribution in [0, 0.1) is 27.1 Å². The molecule has 0 aromatic rings. The number of carbonyl (C=O) groups is 5. The lowest BCUT2D eigenvalue weighted by molar-refractivity contribution is -0.264. The number of aliphatic hydroxyl groups excluding tert-OH is 1. The van der Waals surface area contributed by atoms with E-state index in [4.69, 9.17) is 23.7 Å². The predicted molar refractivity (Wildman–Crippen MR) is 153 cm³/mol. The Morgan fingerprint density at radius 1 is 0.357 bits per heavy atom. The number of hydrogen-bond donors (Lipinski definition) is 1. The van der Waals surface area contributed by atoms with Crippen LogP contribution in [0.15, 0.2) is 0 Å². The fourth-order valence-electron chi connectivity index (χ4n) is 3.31. The van der Waals surface area contributed by atoms with Gasteiger partial charge in [0.15, 0.2) is 30.5 Å². The van der Waals surface area contributed by atoms with Gasteiger partial charge < -0.3 is 28.8 Å². The average Bonchev–Trinajstić information content (AvgIpc) is 2.77. The number of carbonyl (C=O) groups excluding carboxylic acids is 5. The summed E-state index contributed by atoms with van der Waals surface area (Å²) in [5.74, 6) is -3.83. The van der Waals surface area contributed by atoms with Crippen LogP contribution >= 0.6 is 0 Å². The van der Waals surface area contributed by atoms with E-state index in [1.807, 2.05) is 0 Å². The Labute approximate surface area is 250 Å². The summed E-state index contributed by atoms with van der Waals surface area (Å²) in [6.07, 6.45) is -10.1. The van der Waals surface area contributed by atoms with E-state index in [-0.39, 0.29) is 0 Å². The molecule has 1 N–H and O–H groups in total. The zero-order valence-electron chi connectivity index (χ0n) is 28.0. The zero-order valence-corrected chi connectivity index (χ0v) is 28.0. The number of ether oxygens (including phenoxy) is 5. The van der Waals surface area contributed by atoms with Crippen molar-refractivity contribution >= 4 is 29.8 Å². The first kappa shape index (κ1) is 37.3. The van der Waals surface area contributed by atoms with Crippen LogP contribution in [0.4, 0.5) is 0 Å². The summed E-state index contributed by atoms with van der Waals surface area (Å²) in [5, 5.41) is 11.7. The molecule has 0 aromatic heterocycles. The fourth-order valence-corrected chi connectivity index (χ4v) is 3.31. The van der Waals surface area contributed by atoms with Gasteiger partial charge in [-0.2, -0.15) is 0 Å². The first-order valence-corrected chi connectivity index (χ1v) is 14.2. The topological polar surface area (TPSA) is 152 Å². The van der Waals surface area contributed by atoms with Crippen molar-refractivity contribution < 1.29 is 52.8 Å². The molecule has 0 aromatic carbocycles. The van der Waals surface area contributed by atoms with Crippen LogP contribution in [0.2, 0.25) is 0 Å². The van der Waals surface area contributed by atoms with Crippen LogP contribution < -0.4 is 0 Å². The van der Waals surface area contributed by atoms with Crippen molar-refractivity contribution in [2.45, 2.75) is 140 Å². The summed E-state index contributed by atoms with van der Waals surface area (Å²) in [6.45, 7) is 23.8. The van der Waals surface area contributed by atoms with E-state index in [1.54, 1.807) is 104 Å². The summed E-state index contributed by atoms with van der Waals surface area (Å²) in [6, 6.07) is 0. The van der Waals surface area contributed by atoms with Crippen LogP contribution in [0.5, 0.6) is 0 Å². The molecular formula is C31H52O11. The van der Waals surface area contributed by atoms with E-state index in [0.717, 1.165) is 0 Å². The van der Waals surface area contributed by atoms with Gasteiger partial charge in [0.05, 0.1) is 27.1 Å². The molecule has 0 aliphatic heterocycles. The average molecular weight is 601 g/mol. The van der Waals surface area contributed by atoms with E-state index in [0.29, 0.717) is 0 Å². The van der Waals surface area contributed by atoms with Gasteiger partial charge in [-0.15, -0.1) is 0 Å². The third kappa shape index (κ3) is 9.67. The number of rotatable bonds is 5. The highest BCUT2D eigenvalue weighted by Crippen LogP contribution is 2.37. The maximum Gasteiger partial charge on any atom is 0.311 e. The van der Waals surface area contributed by atoms with E-state index in [1.165, 1.54) is 0 Å². The highest BCUT2D eigenvalue weighted by Gasteiger charge is 2.61. The van der Waals surface area contributed by atoms with Crippen molar-refractivity contribution in [1.82, 2.24) is 0 Å². The Bertz CT molecular complexity index is 958. The maximum atomic E-state index is 13.3. The van der Waals surface area contributed by atoms with Gasteiger partial charge in [0.25, 0.3) is 0 Å². The van der Waals surface area contributed by atoms with Gasteiger partial charge in [-0.3, -0.25) is 24.0 Å². The van der Waals surface area contributed by atoms with Gasteiger partial charge in [-0.25, -0.2) is 0 Å². The van der Waals surface area contributed by atoms with Gasteiger partial charge in [0, 0.05) is 0 Å². The molecule has 0 saturated heterocycles. The molecule has 11 nitrogen and oxygen atoms in total. The van der Waals surface area contributed by atoms with Crippen molar-refractivity contribution in [3.63, 3.8) is 0 Å². The highest BCUT2D eigenvalue weighted by molar-refractivity contribution is 5.79. The Hall–Kier alpha value is -2.69. The SMILES string of the molecule is CC(C)(C)C(=O)OC1[C@H](OC(=O)C(C)(C)C)[C@H](OC(=O)C(C)(C)C)C(O)[C@H](OC(=O)C(C)(C)C)[C@H]1OC(=O)C(C)(C)C. The molecule has 1 rings (SSSR count). The molecule has 0 radical (unpaired) electrons. The predicted octanol–water partition coefficient (Wildman–Crippen LogP) is 4.15. The third-order valence-corrected chi connectivity index (χ3v) is 6.25. The molecule has 0 bridgehead atoms. The van der Waals surface area contributed by atoms with Crippen molar-refractivity contribution in [1.29, 1.82) is 0 Å². The molecule has 0 spiro atoms. The number of hydrogen-bond acceptors (Lipinski definition) is 11. The molecule has 0 heterocycles. The molecule has 1 aliphatic rings. The lowest BCUT2D eigenvalue weighted by Gasteiger charge is -2.48. The summed E-state index contributed by atoms with van der Waals surface area (Å²) in [5.41, 5.74) is -5.29. The minimum Gasteiger partial charge on any atom is -0.455 e.